The number of ether oxygens (including phenoxy) is 2. The van der Waals surface area contributed by atoms with Crippen molar-refractivity contribution >= 4 is 27.5 Å². The number of methoxy groups -OCH3 is 2. The highest BCUT2D eigenvalue weighted by molar-refractivity contribution is 9.10. The molecule has 0 fully saturated rings. The van der Waals surface area contributed by atoms with Crippen LogP contribution in [0.3, 0.4) is 0 Å². The molecule has 0 amide bonds. The Labute approximate surface area is 137 Å². The molecule has 2 rings (SSSR count). The van der Waals surface area contributed by atoms with Crippen molar-refractivity contribution in [3.8, 4) is 11.5 Å². The number of rotatable bonds is 5. The van der Waals surface area contributed by atoms with Gasteiger partial charge in [-0.2, -0.15) is 0 Å². The Hall–Kier alpha value is -1.26. The van der Waals surface area contributed by atoms with Gasteiger partial charge < -0.3 is 9.47 Å². The summed E-state index contributed by atoms with van der Waals surface area (Å²) in [6, 6.07) is 10.0. The molecule has 0 aromatic heterocycles. The number of hydrogen-bond acceptors (Lipinski definition) is 2. The summed E-state index contributed by atoms with van der Waals surface area (Å²) in [6.45, 7) is 0. The van der Waals surface area contributed by atoms with Crippen LogP contribution in [-0.2, 0) is 6.42 Å². The predicted octanol–water partition coefficient (Wildman–Crippen LogP) is 5.13. The van der Waals surface area contributed by atoms with E-state index in [9.17, 15) is 4.39 Å². The summed E-state index contributed by atoms with van der Waals surface area (Å²) in [4.78, 5) is 0. The predicted molar refractivity (Wildman–Crippen MR) is 85.9 cm³/mol. The Morgan fingerprint density at radius 3 is 2.33 bits per heavy atom. The van der Waals surface area contributed by atoms with Crippen LogP contribution in [0, 0.1) is 5.82 Å². The molecular weight excluding hydrogens is 359 g/mol. The molecule has 0 spiro atoms. The lowest BCUT2D eigenvalue weighted by atomic mass is 10.0. The maximum Gasteiger partial charge on any atom is 0.141 e. The molecule has 2 nitrogen and oxygen atoms in total. The van der Waals surface area contributed by atoms with Crippen molar-refractivity contribution in [2.75, 3.05) is 14.2 Å². The molecule has 0 N–H and O–H groups in total. The van der Waals surface area contributed by atoms with Crippen molar-refractivity contribution in [3.05, 3.63) is 57.8 Å². The summed E-state index contributed by atoms with van der Waals surface area (Å²) in [6.07, 6.45) is 0.580. The Morgan fingerprint density at radius 1 is 1.10 bits per heavy atom. The van der Waals surface area contributed by atoms with Gasteiger partial charge in [0.25, 0.3) is 0 Å². The number of benzene rings is 2. The van der Waals surface area contributed by atoms with E-state index in [2.05, 4.69) is 15.9 Å². The third kappa shape index (κ3) is 3.69. The van der Waals surface area contributed by atoms with E-state index >= 15 is 0 Å². The van der Waals surface area contributed by atoms with E-state index in [4.69, 9.17) is 21.1 Å². The van der Waals surface area contributed by atoms with Crippen LogP contribution in [-0.4, -0.2) is 14.2 Å². The Balaban J connectivity index is 2.28. The van der Waals surface area contributed by atoms with Crippen molar-refractivity contribution < 1.29 is 13.9 Å². The zero-order chi connectivity index (χ0) is 15.4. The van der Waals surface area contributed by atoms with Crippen molar-refractivity contribution in [3.63, 3.8) is 0 Å². The zero-order valence-corrected chi connectivity index (χ0v) is 14.0. The summed E-state index contributed by atoms with van der Waals surface area (Å²) in [5.41, 5.74) is 1.82. The number of halogens is 3. The summed E-state index contributed by atoms with van der Waals surface area (Å²) in [7, 11) is 3.18. The van der Waals surface area contributed by atoms with E-state index in [-0.39, 0.29) is 11.2 Å². The molecule has 5 heteroatoms. The highest BCUT2D eigenvalue weighted by Crippen LogP contribution is 2.42. The fourth-order valence-electron chi connectivity index (χ4n) is 2.10. The fourth-order valence-corrected chi connectivity index (χ4v) is 3.14. The van der Waals surface area contributed by atoms with Crippen LogP contribution in [0.25, 0.3) is 0 Å². The molecular formula is C16H15BrClFO2. The Bertz CT molecular complexity index is 616. The van der Waals surface area contributed by atoms with Gasteiger partial charge in [0.2, 0.25) is 0 Å². The van der Waals surface area contributed by atoms with Gasteiger partial charge in [-0.05, 0) is 46.1 Å². The number of alkyl halides is 1. The van der Waals surface area contributed by atoms with Gasteiger partial charge in [-0.25, -0.2) is 4.39 Å². The fraction of sp³-hybridized carbons (Fsp3) is 0.250. The Kier molecular flexibility index (Phi) is 5.48. The second kappa shape index (κ2) is 7.14. The second-order valence-electron chi connectivity index (χ2n) is 4.50. The van der Waals surface area contributed by atoms with Gasteiger partial charge in [-0.3, -0.25) is 0 Å². The van der Waals surface area contributed by atoms with Gasteiger partial charge >= 0.3 is 0 Å². The number of hydrogen-bond donors (Lipinski definition) is 0. The third-order valence-electron chi connectivity index (χ3n) is 3.18. The van der Waals surface area contributed by atoms with Gasteiger partial charge in [0, 0.05) is 5.56 Å². The normalized spacial score (nSPS) is 12.0. The van der Waals surface area contributed by atoms with Crippen LogP contribution in [0.1, 0.15) is 16.5 Å². The lowest BCUT2D eigenvalue weighted by molar-refractivity contribution is 0.386. The van der Waals surface area contributed by atoms with Crippen LogP contribution in [0.2, 0.25) is 0 Å². The van der Waals surface area contributed by atoms with Gasteiger partial charge in [0.1, 0.15) is 21.8 Å². The SMILES string of the molecule is COc1ccc(C(Cl)Cc2ccc(F)cc2)c(OC)c1Br. The summed E-state index contributed by atoms with van der Waals surface area (Å²) in [5, 5.41) is -0.285. The maximum absolute atomic E-state index is 12.9. The van der Waals surface area contributed by atoms with Crippen molar-refractivity contribution in [1.29, 1.82) is 0 Å². The lowest BCUT2D eigenvalue weighted by Crippen LogP contribution is -2.01. The smallest absolute Gasteiger partial charge is 0.141 e. The van der Waals surface area contributed by atoms with E-state index in [1.54, 1.807) is 26.4 Å². The molecule has 0 aliphatic heterocycles. The summed E-state index contributed by atoms with van der Waals surface area (Å²) < 4.78 is 24.3. The molecule has 0 heterocycles. The van der Waals surface area contributed by atoms with E-state index in [1.165, 1.54) is 12.1 Å². The molecule has 0 radical (unpaired) electrons. The van der Waals surface area contributed by atoms with Crippen molar-refractivity contribution in [2.45, 2.75) is 11.8 Å². The molecule has 1 atom stereocenters. The minimum absolute atomic E-state index is 0.255. The van der Waals surface area contributed by atoms with E-state index in [1.807, 2.05) is 12.1 Å². The zero-order valence-electron chi connectivity index (χ0n) is 11.7. The van der Waals surface area contributed by atoms with Crippen LogP contribution in [0.5, 0.6) is 11.5 Å². The quantitative estimate of drug-likeness (QED) is 0.677. The highest BCUT2D eigenvalue weighted by Gasteiger charge is 2.19. The largest absolute Gasteiger partial charge is 0.495 e. The lowest BCUT2D eigenvalue weighted by Gasteiger charge is -2.17. The minimum atomic E-state index is -0.285. The van der Waals surface area contributed by atoms with Gasteiger partial charge in [-0.15, -0.1) is 11.6 Å². The average Bonchev–Trinajstić information content (AvgIpc) is 2.49. The highest BCUT2D eigenvalue weighted by atomic mass is 79.9. The van der Waals surface area contributed by atoms with Crippen LogP contribution >= 0.6 is 27.5 Å². The molecule has 0 bridgehead atoms. The van der Waals surface area contributed by atoms with E-state index in [0.717, 1.165) is 15.6 Å². The molecule has 1 unspecified atom stereocenters. The molecule has 0 aliphatic rings. The first kappa shape index (κ1) is 16.1. The van der Waals surface area contributed by atoms with Crippen molar-refractivity contribution in [2.24, 2.45) is 0 Å². The Morgan fingerprint density at radius 2 is 1.76 bits per heavy atom. The third-order valence-corrected chi connectivity index (χ3v) is 4.32. The van der Waals surface area contributed by atoms with Crippen molar-refractivity contribution in [1.82, 2.24) is 0 Å². The molecule has 112 valence electrons. The monoisotopic (exact) mass is 372 g/mol. The van der Waals surface area contributed by atoms with Crippen LogP contribution in [0.15, 0.2) is 40.9 Å². The van der Waals surface area contributed by atoms with Crippen LogP contribution < -0.4 is 9.47 Å². The molecule has 0 aliphatic carbocycles. The topological polar surface area (TPSA) is 18.5 Å². The first-order valence-corrected chi connectivity index (χ1v) is 7.58. The maximum atomic E-state index is 12.9. The van der Waals surface area contributed by atoms with Gasteiger partial charge in [-0.1, -0.05) is 18.2 Å². The van der Waals surface area contributed by atoms with E-state index in [0.29, 0.717) is 17.9 Å². The molecule has 0 saturated carbocycles. The molecule has 21 heavy (non-hydrogen) atoms. The minimum Gasteiger partial charge on any atom is -0.495 e. The second-order valence-corrected chi connectivity index (χ2v) is 5.82. The summed E-state index contributed by atoms with van der Waals surface area (Å²) in [5.74, 6) is 1.08. The first-order valence-electron chi connectivity index (χ1n) is 6.35. The molecule has 2 aromatic rings. The molecule has 2 aromatic carbocycles. The standard InChI is InChI=1S/C16H15BrClFO2/c1-20-14-8-7-12(16(21-2)15(14)17)13(18)9-10-3-5-11(19)6-4-10/h3-8,13H,9H2,1-2H3. The van der Waals surface area contributed by atoms with E-state index < -0.39 is 0 Å². The molecule has 0 saturated heterocycles. The van der Waals surface area contributed by atoms with Gasteiger partial charge in [0.05, 0.1) is 19.6 Å². The first-order chi connectivity index (χ1) is 10.1. The van der Waals surface area contributed by atoms with Crippen LogP contribution in [0.4, 0.5) is 4.39 Å². The average molecular weight is 374 g/mol. The summed E-state index contributed by atoms with van der Waals surface area (Å²) >= 11 is 9.95. The van der Waals surface area contributed by atoms with Gasteiger partial charge in [0.15, 0.2) is 0 Å².